The normalized spacial score (nSPS) is 17.4. The minimum absolute atomic E-state index is 0.0576. The van der Waals surface area contributed by atoms with E-state index in [-0.39, 0.29) is 31.7 Å². The third kappa shape index (κ3) is 10.6. The van der Waals surface area contributed by atoms with Gasteiger partial charge in [-0.3, -0.25) is 4.57 Å². The van der Waals surface area contributed by atoms with Crippen LogP contribution in [0.3, 0.4) is 0 Å². The first-order chi connectivity index (χ1) is 27.6. The topological polar surface area (TPSA) is 141 Å². The first-order valence-corrected chi connectivity index (χ1v) is 21.2. The van der Waals surface area contributed by atoms with Crippen LogP contribution < -0.4 is 15.2 Å². The van der Waals surface area contributed by atoms with Crippen molar-refractivity contribution < 1.29 is 28.0 Å². The summed E-state index contributed by atoms with van der Waals surface area (Å²) in [6.07, 6.45) is 0.656. The van der Waals surface area contributed by atoms with Crippen LogP contribution in [0.4, 0.5) is 0 Å². The zero-order chi connectivity index (χ0) is 41.0. The number of rotatable bonds is 20. The number of nitrogens with zero attached hydrogens (tertiary/aromatic N) is 5. The van der Waals surface area contributed by atoms with Gasteiger partial charge >= 0.3 is 5.69 Å². The van der Waals surface area contributed by atoms with E-state index in [0.717, 1.165) is 22.3 Å². The number of thioether (sulfide) groups is 1. The van der Waals surface area contributed by atoms with Gasteiger partial charge in [0.25, 0.3) is 8.53 Å². The lowest BCUT2D eigenvalue weighted by Crippen LogP contribution is -2.39. The molecule has 3 aromatic carbocycles. The Morgan fingerprint density at radius 3 is 2.04 bits per heavy atom. The number of aryl methyl sites for hydroxylation is 1. The average molecular weight is 814 g/mol. The number of ether oxygens (including phenoxy) is 4. The molecule has 1 unspecified atom stereocenters. The third-order valence-corrected chi connectivity index (χ3v) is 12.8. The van der Waals surface area contributed by atoms with Gasteiger partial charge < -0.3 is 28.0 Å². The predicted octanol–water partition coefficient (Wildman–Crippen LogP) is 8.53. The molecule has 12 nitrogen and oxygen atoms in total. The molecule has 0 saturated carbocycles. The van der Waals surface area contributed by atoms with Crippen LogP contribution in [-0.2, 0) is 24.1 Å². The van der Waals surface area contributed by atoms with Gasteiger partial charge in [0.2, 0.25) is 0 Å². The van der Waals surface area contributed by atoms with Crippen LogP contribution in [-0.4, -0.2) is 71.7 Å². The van der Waals surface area contributed by atoms with Crippen LogP contribution in [0, 0.1) is 29.6 Å². The fourth-order valence-electron chi connectivity index (χ4n) is 6.92. The first-order valence-electron chi connectivity index (χ1n) is 19.0. The van der Waals surface area contributed by atoms with E-state index in [0.29, 0.717) is 35.1 Å². The van der Waals surface area contributed by atoms with Crippen LogP contribution in [0.5, 0.6) is 11.5 Å². The first kappa shape index (κ1) is 43.8. The molecule has 0 aliphatic carbocycles. The van der Waals surface area contributed by atoms with Crippen molar-refractivity contribution in [3.63, 3.8) is 0 Å². The molecule has 0 bridgehead atoms. The van der Waals surface area contributed by atoms with Gasteiger partial charge in [-0.2, -0.15) is 15.5 Å². The number of aromatic nitrogens is 2. The zero-order valence-corrected chi connectivity index (χ0v) is 35.4. The molecule has 4 aromatic rings. The quantitative estimate of drug-likeness (QED) is 0.0278. The summed E-state index contributed by atoms with van der Waals surface area (Å²) < 4.78 is 42.1. The maximum Gasteiger partial charge on any atom is 0.350 e. The Morgan fingerprint density at radius 2 is 1.49 bits per heavy atom. The highest BCUT2D eigenvalue weighted by atomic mass is 32.2. The van der Waals surface area contributed by atoms with Gasteiger partial charge in [-0.25, -0.2) is 9.46 Å². The van der Waals surface area contributed by atoms with Crippen LogP contribution in [0.15, 0.2) is 94.9 Å². The molecule has 1 aromatic heterocycles. The molecule has 302 valence electrons. The second-order valence-corrected chi connectivity index (χ2v) is 16.5. The minimum Gasteiger partial charge on any atom is -0.497 e. The van der Waals surface area contributed by atoms with E-state index >= 15 is 0 Å². The number of hydrogen-bond acceptors (Lipinski definition) is 12. The van der Waals surface area contributed by atoms with E-state index in [1.165, 1.54) is 16.3 Å². The molecule has 1 saturated heterocycles. The maximum absolute atomic E-state index is 13.6. The molecule has 5 rings (SSSR count). The summed E-state index contributed by atoms with van der Waals surface area (Å²) >= 11 is 1.38. The van der Waals surface area contributed by atoms with Gasteiger partial charge in [-0.1, -0.05) is 54.6 Å². The molecule has 14 heteroatoms. The van der Waals surface area contributed by atoms with Gasteiger partial charge in [0.1, 0.15) is 34.5 Å². The molecule has 2 heterocycles. The molecule has 1 fully saturated rings. The summed E-state index contributed by atoms with van der Waals surface area (Å²) in [7, 11) is 1.61. The Bertz CT molecular complexity index is 1960. The summed E-state index contributed by atoms with van der Waals surface area (Å²) in [4.78, 5) is 18.0. The molecule has 0 N–H and O–H groups in total. The lowest BCUT2D eigenvalue weighted by atomic mass is 9.80. The Labute approximate surface area is 341 Å². The van der Waals surface area contributed by atoms with Crippen molar-refractivity contribution in [1.29, 1.82) is 10.5 Å². The molecule has 1 aliphatic heterocycles. The summed E-state index contributed by atoms with van der Waals surface area (Å²) in [5, 5.41) is 19.0. The van der Waals surface area contributed by atoms with Crippen LogP contribution >= 0.6 is 20.3 Å². The summed E-state index contributed by atoms with van der Waals surface area (Å²) in [5.41, 5.74) is 1.83. The van der Waals surface area contributed by atoms with Crippen molar-refractivity contribution in [2.45, 2.75) is 95.0 Å². The highest BCUT2D eigenvalue weighted by Crippen LogP contribution is 2.50. The average Bonchev–Trinajstić information content (AvgIpc) is 3.61. The highest BCUT2D eigenvalue weighted by Gasteiger charge is 2.45. The van der Waals surface area contributed by atoms with E-state index in [1.54, 1.807) is 20.4 Å². The summed E-state index contributed by atoms with van der Waals surface area (Å²) in [5.74, 6) is 1.95. The Hall–Kier alpha value is -4.30. The van der Waals surface area contributed by atoms with Crippen molar-refractivity contribution in [1.82, 2.24) is 14.2 Å². The SMILES string of the molecule is COc1ccc(C(OC[C@H]2O[C@@H](n3cc(C)c(SCCC#N)nc3=O)C[C@@H]2OP(OCCC#N)N(C(C)C)C(C)C)(c2ccccc2)c2ccc(OC)cc2)cc1. The smallest absolute Gasteiger partial charge is 0.350 e. The minimum atomic E-state index is -1.66. The number of nitriles is 2. The van der Waals surface area contributed by atoms with Crippen molar-refractivity contribution in [2.24, 2.45) is 0 Å². The zero-order valence-electron chi connectivity index (χ0n) is 33.7. The molecular formula is C43H52N5O7PS. The number of benzene rings is 3. The van der Waals surface area contributed by atoms with Crippen LogP contribution in [0.1, 0.15) is 75.4 Å². The molecule has 57 heavy (non-hydrogen) atoms. The Balaban J connectivity index is 1.59. The molecule has 0 amide bonds. The predicted molar refractivity (Wildman–Crippen MR) is 221 cm³/mol. The van der Waals surface area contributed by atoms with Crippen molar-refractivity contribution in [2.75, 3.05) is 33.2 Å². The lowest BCUT2D eigenvalue weighted by molar-refractivity contribution is -0.0926. The summed E-state index contributed by atoms with van der Waals surface area (Å²) in [6.45, 7) is 10.5. The molecule has 1 aliphatic rings. The van der Waals surface area contributed by atoms with Gasteiger partial charge in [-0.05, 0) is 81.1 Å². The van der Waals surface area contributed by atoms with Gasteiger partial charge in [0.15, 0.2) is 0 Å². The molecule has 4 atom stereocenters. The molecule has 0 radical (unpaired) electrons. The number of hydrogen-bond donors (Lipinski definition) is 0. The lowest BCUT2D eigenvalue weighted by Gasteiger charge is -2.39. The monoisotopic (exact) mass is 813 g/mol. The van der Waals surface area contributed by atoms with Crippen molar-refractivity contribution >= 4 is 20.3 Å². The summed E-state index contributed by atoms with van der Waals surface area (Å²) in [6, 6.07) is 30.1. The van der Waals surface area contributed by atoms with Crippen LogP contribution in [0.2, 0.25) is 0 Å². The van der Waals surface area contributed by atoms with Gasteiger partial charge in [0.05, 0.1) is 52.1 Å². The van der Waals surface area contributed by atoms with E-state index in [4.69, 9.17) is 33.3 Å². The highest BCUT2D eigenvalue weighted by molar-refractivity contribution is 7.99. The second-order valence-electron chi connectivity index (χ2n) is 14.0. The van der Waals surface area contributed by atoms with Gasteiger partial charge in [-0.15, -0.1) is 11.8 Å². The Kier molecular flexibility index (Phi) is 16.1. The fraction of sp³-hybridized carbons (Fsp3) is 0.442. The molecular weight excluding hydrogens is 762 g/mol. The standard InChI is InChI=1S/C43H52N5O7PS/c1-30(2)48(31(3)4)56(53-25-11-23-44)55-38-27-40(47-28-32(5)41(46-42(47)49)57-26-12-24-45)54-39(38)29-52-43(33-13-9-8-10-14-33,34-15-19-36(50-6)20-16-34)35-17-21-37(51-7)22-18-35/h8-10,13-22,28,30-31,38-40H,11-12,25-27,29H2,1-7H3/t38-,39+,40+,56?/m0/s1. The fourth-order valence-corrected chi connectivity index (χ4v) is 9.49. The van der Waals surface area contributed by atoms with E-state index < -0.39 is 38.3 Å². The second kappa shape index (κ2) is 20.9. The number of methoxy groups -OCH3 is 2. The Morgan fingerprint density at radius 1 is 0.912 bits per heavy atom. The van der Waals surface area contributed by atoms with Gasteiger partial charge in [0, 0.05) is 36.9 Å². The van der Waals surface area contributed by atoms with Crippen molar-refractivity contribution in [3.05, 3.63) is 118 Å². The molecule has 0 spiro atoms. The largest absolute Gasteiger partial charge is 0.497 e. The van der Waals surface area contributed by atoms with Crippen LogP contribution in [0.25, 0.3) is 0 Å². The van der Waals surface area contributed by atoms with Crippen molar-refractivity contribution in [3.8, 4) is 23.6 Å². The maximum atomic E-state index is 13.6. The van der Waals surface area contributed by atoms with E-state index in [2.05, 4.69) is 49.5 Å². The van der Waals surface area contributed by atoms with E-state index in [1.807, 2.05) is 85.8 Å². The third-order valence-electron chi connectivity index (χ3n) is 9.56. The van der Waals surface area contributed by atoms with E-state index in [9.17, 15) is 10.1 Å².